The molecule has 3 aromatic rings. The summed E-state index contributed by atoms with van der Waals surface area (Å²) in [6, 6.07) is 14.8. The first-order chi connectivity index (χ1) is 12.2. The molecule has 0 aliphatic rings. The predicted octanol–water partition coefficient (Wildman–Crippen LogP) is 3.17. The van der Waals surface area contributed by atoms with Gasteiger partial charge in [0.1, 0.15) is 12.6 Å². The average Bonchev–Trinajstić information content (AvgIpc) is 2.99. The van der Waals surface area contributed by atoms with Crippen molar-refractivity contribution in [1.82, 2.24) is 4.57 Å². The standard InChI is InChI=1S/C19H17N3O3/c1-24-17-8-7-14(9-18(17)25-2)21-19(23)12-22-11-13(10-20)15-5-3-4-6-16(15)22/h3-9,11H,12H2,1-2H3,(H,21,23). The minimum Gasteiger partial charge on any atom is -0.493 e. The molecule has 0 saturated carbocycles. The van der Waals surface area contributed by atoms with Gasteiger partial charge in [-0.2, -0.15) is 5.26 Å². The molecule has 1 amide bonds. The third kappa shape index (κ3) is 3.26. The summed E-state index contributed by atoms with van der Waals surface area (Å²) in [6.45, 7) is 0.108. The Balaban J connectivity index is 1.81. The van der Waals surface area contributed by atoms with Gasteiger partial charge in [-0.1, -0.05) is 18.2 Å². The molecule has 126 valence electrons. The quantitative estimate of drug-likeness (QED) is 0.777. The molecule has 0 aliphatic carbocycles. The number of nitrogens with one attached hydrogen (secondary N) is 1. The van der Waals surface area contributed by atoms with Crippen LogP contribution in [-0.4, -0.2) is 24.7 Å². The van der Waals surface area contributed by atoms with E-state index in [-0.39, 0.29) is 12.5 Å². The lowest BCUT2D eigenvalue weighted by molar-refractivity contribution is -0.116. The number of methoxy groups -OCH3 is 2. The first-order valence-corrected chi connectivity index (χ1v) is 7.66. The number of nitrogens with zero attached hydrogens (tertiary/aromatic N) is 2. The molecule has 6 nitrogen and oxygen atoms in total. The molecular formula is C19H17N3O3. The Kier molecular flexibility index (Phi) is 4.57. The summed E-state index contributed by atoms with van der Waals surface area (Å²) in [6.07, 6.45) is 1.69. The third-order valence-corrected chi connectivity index (χ3v) is 3.89. The number of benzene rings is 2. The van der Waals surface area contributed by atoms with Crippen LogP contribution in [0.1, 0.15) is 5.56 Å². The van der Waals surface area contributed by atoms with E-state index in [1.165, 1.54) is 0 Å². The van der Waals surface area contributed by atoms with Crippen molar-refractivity contribution in [1.29, 1.82) is 5.26 Å². The first-order valence-electron chi connectivity index (χ1n) is 7.66. The highest BCUT2D eigenvalue weighted by atomic mass is 16.5. The van der Waals surface area contributed by atoms with Gasteiger partial charge in [0.2, 0.25) is 5.91 Å². The van der Waals surface area contributed by atoms with Crippen LogP contribution in [0.3, 0.4) is 0 Å². The smallest absolute Gasteiger partial charge is 0.244 e. The van der Waals surface area contributed by atoms with Crippen LogP contribution >= 0.6 is 0 Å². The SMILES string of the molecule is COc1ccc(NC(=O)Cn2cc(C#N)c3ccccc32)cc1OC. The molecule has 0 saturated heterocycles. The zero-order chi connectivity index (χ0) is 17.8. The number of nitriles is 1. The molecule has 25 heavy (non-hydrogen) atoms. The largest absolute Gasteiger partial charge is 0.493 e. The van der Waals surface area contributed by atoms with Gasteiger partial charge in [-0.05, 0) is 18.2 Å². The van der Waals surface area contributed by atoms with Crippen molar-refractivity contribution >= 4 is 22.5 Å². The number of para-hydroxylation sites is 1. The monoisotopic (exact) mass is 335 g/mol. The summed E-state index contributed by atoms with van der Waals surface area (Å²) in [5.74, 6) is 0.937. The van der Waals surface area contributed by atoms with Gasteiger partial charge in [0.15, 0.2) is 11.5 Å². The predicted molar refractivity (Wildman–Crippen MR) is 94.8 cm³/mol. The Bertz CT molecular complexity index is 970. The maximum absolute atomic E-state index is 12.4. The van der Waals surface area contributed by atoms with Gasteiger partial charge >= 0.3 is 0 Å². The fourth-order valence-electron chi connectivity index (χ4n) is 2.74. The van der Waals surface area contributed by atoms with Crippen LogP contribution in [0.4, 0.5) is 5.69 Å². The number of carbonyl (C=O) groups is 1. The molecule has 0 aliphatic heterocycles. The molecular weight excluding hydrogens is 318 g/mol. The van der Waals surface area contributed by atoms with E-state index in [1.54, 1.807) is 43.2 Å². The Morgan fingerprint density at radius 1 is 1.16 bits per heavy atom. The minimum atomic E-state index is -0.197. The van der Waals surface area contributed by atoms with E-state index < -0.39 is 0 Å². The van der Waals surface area contributed by atoms with Crippen LogP contribution in [0.15, 0.2) is 48.7 Å². The van der Waals surface area contributed by atoms with Crippen LogP contribution in [-0.2, 0) is 11.3 Å². The summed E-state index contributed by atoms with van der Waals surface area (Å²) in [7, 11) is 3.10. The van der Waals surface area contributed by atoms with Crippen molar-refractivity contribution in [2.24, 2.45) is 0 Å². The normalized spacial score (nSPS) is 10.3. The average molecular weight is 335 g/mol. The number of hydrogen-bond donors (Lipinski definition) is 1. The van der Waals surface area contributed by atoms with Gasteiger partial charge in [-0.3, -0.25) is 4.79 Å². The van der Waals surface area contributed by atoms with Crippen molar-refractivity contribution in [3.8, 4) is 17.6 Å². The molecule has 1 N–H and O–H groups in total. The summed E-state index contributed by atoms with van der Waals surface area (Å²) >= 11 is 0. The molecule has 0 fully saturated rings. The molecule has 0 radical (unpaired) electrons. The number of carbonyl (C=O) groups excluding carboxylic acids is 1. The number of amides is 1. The molecule has 0 spiro atoms. The zero-order valence-corrected chi connectivity index (χ0v) is 13.9. The van der Waals surface area contributed by atoms with Gasteiger partial charge < -0.3 is 19.4 Å². The molecule has 1 heterocycles. The highest BCUT2D eigenvalue weighted by Gasteiger charge is 2.12. The highest BCUT2D eigenvalue weighted by molar-refractivity contribution is 5.93. The van der Waals surface area contributed by atoms with Crippen LogP contribution in [0.2, 0.25) is 0 Å². The third-order valence-electron chi connectivity index (χ3n) is 3.89. The number of anilines is 1. The fraction of sp³-hybridized carbons (Fsp3) is 0.158. The number of hydrogen-bond acceptors (Lipinski definition) is 4. The molecule has 0 atom stereocenters. The minimum absolute atomic E-state index is 0.108. The van der Waals surface area contributed by atoms with E-state index in [9.17, 15) is 10.1 Å². The van der Waals surface area contributed by atoms with E-state index in [0.29, 0.717) is 22.7 Å². The molecule has 3 rings (SSSR count). The van der Waals surface area contributed by atoms with E-state index in [2.05, 4.69) is 11.4 Å². The number of aromatic nitrogens is 1. The second-order valence-electron chi connectivity index (χ2n) is 5.42. The van der Waals surface area contributed by atoms with E-state index >= 15 is 0 Å². The Morgan fingerprint density at radius 3 is 2.64 bits per heavy atom. The van der Waals surface area contributed by atoms with E-state index in [0.717, 1.165) is 10.9 Å². The van der Waals surface area contributed by atoms with E-state index in [4.69, 9.17) is 9.47 Å². The van der Waals surface area contributed by atoms with Gasteiger partial charge in [0.05, 0.1) is 19.8 Å². The number of rotatable bonds is 5. The Hall–Kier alpha value is -3.46. The van der Waals surface area contributed by atoms with Crippen molar-refractivity contribution in [3.05, 3.63) is 54.2 Å². The summed E-state index contributed by atoms with van der Waals surface area (Å²) in [5.41, 5.74) is 2.01. The first kappa shape index (κ1) is 16.4. The van der Waals surface area contributed by atoms with Crippen molar-refractivity contribution in [2.75, 3.05) is 19.5 Å². The van der Waals surface area contributed by atoms with Gasteiger partial charge in [0.25, 0.3) is 0 Å². The summed E-state index contributed by atoms with van der Waals surface area (Å²) in [5, 5.41) is 12.9. The summed E-state index contributed by atoms with van der Waals surface area (Å²) < 4.78 is 12.2. The zero-order valence-electron chi connectivity index (χ0n) is 13.9. The molecule has 0 bridgehead atoms. The second-order valence-corrected chi connectivity index (χ2v) is 5.42. The maximum Gasteiger partial charge on any atom is 0.244 e. The van der Waals surface area contributed by atoms with Gasteiger partial charge in [-0.15, -0.1) is 0 Å². The lowest BCUT2D eigenvalue weighted by atomic mass is 10.2. The molecule has 1 aromatic heterocycles. The number of fused-ring (bicyclic) bond motifs is 1. The van der Waals surface area contributed by atoms with Crippen molar-refractivity contribution < 1.29 is 14.3 Å². The van der Waals surface area contributed by atoms with Crippen molar-refractivity contribution in [3.63, 3.8) is 0 Å². The van der Waals surface area contributed by atoms with Crippen molar-refractivity contribution in [2.45, 2.75) is 6.54 Å². The lowest BCUT2D eigenvalue weighted by Crippen LogP contribution is -2.18. The fourth-order valence-corrected chi connectivity index (χ4v) is 2.74. The maximum atomic E-state index is 12.4. The Labute approximate surface area is 145 Å². The van der Waals surface area contributed by atoms with Crippen LogP contribution in [0, 0.1) is 11.3 Å². The number of ether oxygens (including phenoxy) is 2. The van der Waals surface area contributed by atoms with Crippen LogP contribution < -0.4 is 14.8 Å². The van der Waals surface area contributed by atoms with Gasteiger partial charge in [-0.25, -0.2) is 0 Å². The molecule has 2 aromatic carbocycles. The highest BCUT2D eigenvalue weighted by Crippen LogP contribution is 2.29. The molecule has 0 unspecified atom stereocenters. The topological polar surface area (TPSA) is 76.3 Å². The lowest BCUT2D eigenvalue weighted by Gasteiger charge is -2.11. The molecule has 6 heteroatoms. The van der Waals surface area contributed by atoms with Crippen LogP contribution in [0.5, 0.6) is 11.5 Å². The van der Waals surface area contributed by atoms with E-state index in [1.807, 2.05) is 24.3 Å². The van der Waals surface area contributed by atoms with Gasteiger partial charge in [0, 0.05) is 28.9 Å². The summed E-state index contributed by atoms with van der Waals surface area (Å²) in [4.78, 5) is 12.4. The second kappa shape index (κ2) is 6.97. The Morgan fingerprint density at radius 2 is 1.92 bits per heavy atom. The van der Waals surface area contributed by atoms with Crippen LogP contribution in [0.25, 0.3) is 10.9 Å².